The first-order chi connectivity index (χ1) is 10.1. The summed E-state index contributed by atoms with van der Waals surface area (Å²) in [6.07, 6.45) is 5.23. The molecule has 1 N–H and O–H groups in total. The van der Waals surface area contributed by atoms with Crippen molar-refractivity contribution in [3.05, 3.63) is 30.5 Å². The number of carboxylic acid groups (broad SMARTS) is 1. The fraction of sp³-hybridized carbons (Fsp3) is 0.471. The van der Waals surface area contributed by atoms with Crippen LogP contribution in [-0.4, -0.2) is 21.7 Å². The molecule has 0 saturated heterocycles. The van der Waals surface area contributed by atoms with Crippen LogP contribution in [0, 0.1) is 0 Å². The minimum atomic E-state index is -0.709. The number of aromatic nitrogens is 1. The summed E-state index contributed by atoms with van der Waals surface area (Å²) in [7, 11) is 0. The number of unbranched alkanes of at least 4 members (excludes halogenated alkanes) is 2. The third-order valence-electron chi connectivity index (χ3n) is 3.40. The Hall–Kier alpha value is -1.97. The standard InChI is InChI=1S/C17H23NO3/c1-13(2)21-15-7-8-16-14(12-15)9-11-18(16)10-5-3-4-6-17(19)20/h7-9,11-13H,3-6,10H2,1-2H3,(H,19,20). The Morgan fingerprint density at radius 2 is 2.05 bits per heavy atom. The van der Waals surface area contributed by atoms with E-state index in [1.54, 1.807) is 0 Å². The van der Waals surface area contributed by atoms with Crippen molar-refractivity contribution in [3.63, 3.8) is 0 Å². The molecule has 0 fully saturated rings. The number of carbonyl (C=O) groups is 1. The molecule has 1 heterocycles. The van der Waals surface area contributed by atoms with Gasteiger partial charge < -0.3 is 14.4 Å². The second kappa shape index (κ2) is 7.16. The van der Waals surface area contributed by atoms with E-state index in [4.69, 9.17) is 9.84 Å². The quantitative estimate of drug-likeness (QED) is 0.745. The van der Waals surface area contributed by atoms with E-state index in [9.17, 15) is 4.79 Å². The largest absolute Gasteiger partial charge is 0.491 e. The number of benzene rings is 1. The van der Waals surface area contributed by atoms with Crippen LogP contribution in [0.1, 0.15) is 39.5 Å². The molecule has 4 heteroatoms. The van der Waals surface area contributed by atoms with Crippen molar-refractivity contribution in [1.29, 1.82) is 0 Å². The first-order valence-electron chi connectivity index (χ1n) is 7.53. The molecule has 0 aliphatic rings. The topological polar surface area (TPSA) is 51.5 Å². The SMILES string of the molecule is CC(C)Oc1ccc2c(ccn2CCCCCC(=O)O)c1. The second-order valence-corrected chi connectivity index (χ2v) is 5.60. The molecule has 0 unspecified atom stereocenters. The lowest BCUT2D eigenvalue weighted by atomic mass is 10.2. The number of hydrogen-bond acceptors (Lipinski definition) is 2. The monoisotopic (exact) mass is 289 g/mol. The molecular weight excluding hydrogens is 266 g/mol. The van der Waals surface area contributed by atoms with Gasteiger partial charge in [-0.05, 0) is 51.0 Å². The summed E-state index contributed by atoms with van der Waals surface area (Å²) in [6, 6.07) is 8.25. The highest BCUT2D eigenvalue weighted by atomic mass is 16.5. The smallest absolute Gasteiger partial charge is 0.303 e. The zero-order chi connectivity index (χ0) is 15.2. The molecule has 2 rings (SSSR count). The maximum Gasteiger partial charge on any atom is 0.303 e. The Morgan fingerprint density at radius 3 is 2.76 bits per heavy atom. The Labute approximate surface area is 125 Å². The molecule has 1 aromatic heterocycles. The van der Waals surface area contributed by atoms with Gasteiger partial charge in [0.2, 0.25) is 0 Å². The van der Waals surface area contributed by atoms with Crippen molar-refractivity contribution in [2.75, 3.05) is 0 Å². The number of nitrogens with zero attached hydrogens (tertiary/aromatic N) is 1. The Bertz CT molecular complexity index is 601. The zero-order valence-corrected chi connectivity index (χ0v) is 12.7. The van der Waals surface area contributed by atoms with Crippen molar-refractivity contribution in [2.24, 2.45) is 0 Å². The van der Waals surface area contributed by atoms with Crippen molar-refractivity contribution in [1.82, 2.24) is 4.57 Å². The van der Waals surface area contributed by atoms with Gasteiger partial charge in [0.25, 0.3) is 0 Å². The summed E-state index contributed by atoms with van der Waals surface area (Å²) in [5.41, 5.74) is 1.20. The molecular formula is C17H23NO3. The molecule has 4 nitrogen and oxygen atoms in total. The molecule has 0 amide bonds. The van der Waals surface area contributed by atoms with Gasteiger partial charge in [0.05, 0.1) is 6.10 Å². The Kier molecular flexibility index (Phi) is 5.26. The summed E-state index contributed by atoms with van der Waals surface area (Å²) in [4.78, 5) is 10.5. The van der Waals surface area contributed by atoms with Gasteiger partial charge in [-0.3, -0.25) is 4.79 Å². The molecule has 0 bridgehead atoms. The highest BCUT2D eigenvalue weighted by Crippen LogP contribution is 2.23. The average molecular weight is 289 g/mol. The fourth-order valence-corrected chi connectivity index (χ4v) is 2.45. The zero-order valence-electron chi connectivity index (χ0n) is 12.7. The molecule has 2 aromatic rings. The van der Waals surface area contributed by atoms with E-state index < -0.39 is 5.97 Å². The highest BCUT2D eigenvalue weighted by molar-refractivity contribution is 5.81. The molecule has 1 aromatic carbocycles. The van der Waals surface area contributed by atoms with E-state index in [2.05, 4.69) is 29.0 Å². The van der Waals surface area contributed by atoms with Crippen LogP contribution in [0.5, 0.6) is 5.75 Å². The van der Waals surface area contributed by atoms with Gasteiger partial charge in [-0.25, -0.2) is 0 Å². The highest BCUT2D eigenvalue weighted by Gasteiger charge is 2.04. The van der Waals surface area contributed by atoms with Gasteiger partial charge in [-0.15, -0.1) is 0 Å². The van der Waals surface area contributed by atoms with E-state index in [0.29, 0.717) is 0 Å². The lowest BCUT2D eigenvalue weighted by molar-refractivity contribution is -0.137. The van der Waals surface area contributed by atoms with Crippen molar-refractivity contribution >= 4 is 16.9 Å². The molecule has 0 aliphatic carbocycles. The first-order valence-corrected chi connectivity index (χ1v) is 7.53. The van der Waals surface area contributed by atoms with E-state index in [1.165, 1.54) is 10.9 Å². The summed E-state index contributed by atoms with van der Waals surface area (Å²) in [5.74, 6) is 0.191. The summed E-state index contributed by atoms with van der Waals surface area (Å²) < 4.78 is 7.92. The summed E-state index contributed by atoms with van der Waals surface area (Å²) in [6.45, 7) is 4.96. The van der Waals surface area contributed by atoms with Gasteiger partial charge in [-0.1, -0.05) is 6.42 Å². The first kappa shape index (κ1) is 15.4. The van der Waals surface area contributed by atoms with Gasteiger partial charge in [0.1, 0.15) is 5.75 Å². The van der Waals surface area contributed by atoms with Crippen molar-refractivity contribution in [2.45, 2.75) is 52.2 Å². The number of aliphatic carboxylic acids is 1. The van der Waals surface area contributed by atoms with Gasteiger partial charge in [0, 0.05) is 30.1 Å². The van der Waals surface area contributed by atoms with Crippen LogP contribution in [0.15, 0.2) is 30.5 Å². The molecule has 0 saturated carbocycles. The molecule has 21 heavy (non-hydrogen) atoms. The Morgan fingerprint density at radius 1 is 1.24 bits per heavy atom. The number of carboxylic acids is 1. The normalized spacial score (nSPS) is 11.2. The van der Waals surface area contributed by atoms with E-state index >= 15 is 0 Å². The number of hydrogen-bond donors (Lipinski definition) is 1. The predicted molar refractivity (Wildman–Crippen MR) is 83.8 cm³/mol. The maximum absolute atomic E-state index is 10.5. The minimum absolute atomic E-state index is 0.179. The molecule has 114 valence electrons. The minimum Gasteiger partial charge on any atom is -0.491 e. The van der Waals surface area contributed by atoms with Gasteiger partial charge in [-0.2, -0.15) is 0 Å². The van der Waals surface area contributed by atoms with Crippen molar-refractivity contribution < 1.29 is 14.6 Å². The number of rotatable bonds is 8. The van der Waals surface area contributed by atoms with Gasteiger partial charge >= 0.3 is 5.97 Å². The third kappa shape index (κ3) is 4.52. The van der Waals surface area contributed by atoms with Crippen LogP contribution < -0.4 is 4.74 Å². The maximum atomic E-state index is 10.5. The van der Waals surface area contributed by atoms with E-state index in [-0.39, 0.29) is 12.5 Å². The lowest BCUT2D eigenvalue weighted by Gasteiger charge is -2.10. The fourth-order valence-electron chi connectivity index (χ4n) is 2.45. The number of fused-ring (bicyclic) bond motifs is 1. The molecule has 0 aliphatic heterocycles. The number of ether oxygens (including phenoxy) is 1. The molecule has 0 spiro atoms. The van der Waals surface area contributed by atoms with Crippen LogP contribution in [0.2, 0.25) is 0 Å². The van der Waals surface area contributed by atoms with E-state index in [0.717, 1.165) is 31.6 Å². The average Bonchev–Trinajstić information content (AvgIpc) is 2.80. The van der Waals surface area contributed by atoms with Gasteiger partial charge in [0.15, 0.2) is 0 Å². The van der Waals surface area contributed by atoms with Crippen LogP contribution in [0.25, 0.3) is 10.9 Å². The second-order valence-electron chi connectivity index (χ2n) is 5.60. The summed E-state index contributed by atoms with van der Waals surface area (Å²) in [5, 5.41) is 9.79. The third-order valence-corrected chi connectivity index (χ3v) is 3.40. The van der Waals surface area contributed by atoms with Crippen LogP contribution in [0.3, 0.4) is 0 Å². The van der Waals surface area contributed by atoms with Crippen LogP contribution >= 0.6 is 0 Å². The lowest BCUT2D eigenvalue weighted by Crippen LogP contribution is -2.05. The Balaban J connectivity index is 1.93. The predicted octanol–water partition coefficient (Wildman–Crippen LogP) is 4.07. The summed E-state index contributed by atoms with van der Waals surface area (Å²) >= 11 is 0. The van der Waals surface area contributed by atoms with Crippen LogP contribution in [0.4, 0.5) is 0 Å². The van der Waals surface area contributed by atoms with Crippen molar-refractivity contribution in [3.8, 4) is 5.75 Å². The number of aryl methyl sites for hydroxylation is 1. The van der Waals surface area contributed by atoms with E-state index in [1.807, 2.05) is 19.9 Å². The molecule has 0 radical (unpaired) electrons. The molecule has 0 atom stereocenters. The van der Waals surface area contributed by atoms with Crippen LogP contribution in [-0.2, 0) is 11.3 Å².